The summed E-state index contributed by atoms with van der Waals surface area (Å²) in [6.45, 7) is 0. The van der Waals surface area contributed by atoms with E-state index in [2.05, 4.69) is 44.3 Å². The summed E-state index contributed by atoms with van der Waals surface area (Å²) in [6.07, 6.45) is 0. The van der Waals surface area contributed by atoms with Crippen molar-refractivity contribution >= 4 is 27.7 Å². The molecule has 1 aromatic heterocycles. The van der Waals surface area contributed by atoms with Gasteiger partial charge in [0.15, 0.2) is 0 Å². The number of aromatic nitrogens is 2. The summed E-state index contributed by atoms with van der Waals surface area (Å²) >= 11 is 5.01. The summed E-state index contributed by atoms with van der Waals surface area (Å²) in [4.78, 5) is 1.77. The lowest BCUT2D eigenvalue weighted by atomic mass is 10.0. The van der Waals surface area contributed by atoms with Crippen molar-refractivity contribution in [1.82, 2.24) is 10.2 Å². The molecular formula is C10H7BrN2OS. The first-order valence-corrected chi connectivity index (χ1v) is 6.33. The number of fused-ring (bicyclic) bond motifs is 1. The van der Waals surface area contributed by atoms with Gasteiger partial charge >= 0.3 is 0 Å². The maximum absolute atomic E-state index is 5.41. The Kier molecular flexibility index (Phi) is 2.29. The quantitative estimate of drug-likeness (QED) is 0.806. The lowest BCUT2D eigenvalue weighted by Gasteiger charge is -2.03. The van der Waals surface area contributed by atoms with Crippen LogP contribution in [0.5, 0.6) is 0 Å². The molecule has 0 bridgehead atoms. The average Bonchev–Trinajstić information content (AvgIpc) is 2.83. The normalized spacial score (nSPS) is 19.1. The minimum absolute atomic E-state index is 0.241. The number of thioether (sulfide) groups is 1. The average molecular weight is 283 g/mol. The zero-order valence-corrected chi connectivity index (χ0v) is 10.1. The van der Waals surface area contributed by atoms with Crippen LogP contribution < -0.4 is 0 Å². The molecule has 0 saturated heterocycles. The monoisotopic (exact) mass is 282 g/mol. The van der Waals surface area contributed by atoms with Crippen LogP contribution in [0.3, 0.4) is 0 Å². The molecule has 1 unspecified atom stereocenters. The van der Waals surface area contributed by atoms with E-state index in [1.807, 2.05) is 17.8 Å². The lowest BCUT2D eigenvalue weighted by Crippen LogP contribution is -1.99. The van der Waals surface area contributed by atoms with Crippen LogP contribution in [0, 0.1) is 0 Å². The van der Waals surface area contributed by atoms with E-state index in [1.165, 1.54) is 10.5 Å². The van der Waals surface area contributed by atoms with Crippen LogP contribution in [0.4, 0.5) is 0 Å². The van der Waals surface area contributed by atoms with Gasteiger partial charge in [-0.1, -0.05) is 18.2 Å². The van der Waals surface area contributed by atoms with Gasteiger partial charge in [-0.3, -0.25) is 0 Å². The van der Waals surface area contributed by atoms with Crippen LogP contribution in [0.25, 0.3) is 0 Å². The highest BCUT2D eigenvalue weighted by atomic mass is 79.9. The first-order valence-electron chi connectivity index (χ1n) is 4.55. The van der Waals surface area contributed by atoms with E-state index in [4.69, 9.17) is 4.42 Å². The molecule has 0 fully saturated rings. The van der Waals surface area contributed by atoms with E-state index < -0.39 is 0 Å². The van der Waals surface area contributed by atoms with Gasteiger partial charge in [-0.2, -0.15) is 0 Å². The van der Waals surface area contributed by atoms with Crippen LogP contribution in [-0.4, -0.2) is 16.0 Å². The molecule has 76 valence electrons. The van der Waals surface area contributed by atoms with Crippen LogP contribution in [-0.2, 0) is 0 Å². The molecule has 2 heterocycles. The molecule has 0 radical (unpaired) electrons. The number of hydrogen-bond acceptors (Lipinski definition) is 4. The van der Waals surface area contributed by atoms with E-state index in [0.29, 0.717) is 10.7 Å². The van der Waals surface area contributed by atoms with Gasteiger partial charge in [0.1, 0.15) is 0 Å². The molecule has 15 heavy (non-hydrogen) atoms. The molecule has 1 aliphatic heterocycles. The molecule has 3 rings (SSSR count). The van der Waals surface area contributed by atoms with Crippen molar-refractivity contribution in [3.05, 3.63) is 40.5 Å². The first kappa shape index (κ1) is 9.42. The van der Waals surface area contributed by atoms with Crippen LogP contribution in [0.15, 0.2) is 38.4 Å². The Balaban J connectivity index is 2.04. The molecule has 2 aromatic rings. The minimum Gasteiger partial charge on any atom is -0.415 e. The van der Waals surface area contributed by atoms with Gasteiger partial charge in [0.05, 0.1) is 5.92 Å². The van der Waals surface area contributed by atoms with Crippen LogP contribution in [0.1, 0.15) is 17.4 Å². The third-order valence-electron chi connectivity index (χ3n) is 2.41. The SMILES string of the molecule is Brc1nnc(C2CSc3ccccc32)o1. The Morgan fingerprint density at radius 1 is 1.33 bits per heavy atom. The number of rotatable bonds is 1. The highest BCUT2D eigenvalue weighted by molar-refractivity contribution is 9.10. The number of nitrogens with zero attached hydrogens (tertiary/aromatic N) is 2. The Bertz CT molecular complexity index is 500. The van der Waals surface area contributed by atoms with E-state index in [1.54, 1.807) is 0 Å². The molecule has 0 amide bonds. The van der Waals surface area contributed by atoms with Gasteiger partial charge in [-0.25, -0.2) is 0 Å². The minimum atomic E-state index is 0.241. The van der Waals surface area contributed by atoms with Crippen molar-refractivity contribution in [1.29, 1.82) is 0 Å². The smallest absolute Gasteiger partial charge is 0.284 e. The van der Waals surface area contributed by atoms with E-state index in [0.717, 1.165) is 5.75 Å². The maximum atomic E-state index is 5.41. The molecule has 0 spiro atoms. The molecule has 0 N–H and O–H groups in total. The fourth-order valence-corrected chi connectivity index (χ4v) is 3.19. The molecule has 5 heteroatoms. The number of halogens is 1. The van der Waals surface area contributed by atoms with Crippen molar-refractivity contribution in [3.8, 4) is 0 Å². The fourth-order valence-electron chi connectivity index (χ4n) is 1.72. The van der Waals surface area contributed by atoms with Crippen molar-refractivity contribution < 1.29 is 4.42 Å². The van der Waals surface area contributed by atoms with Crippen molar-refractivity contribution in [2.24, 2.45) is 0 Å². The first-order chi connectivity index (χ1) is 7.34. The highest BCUT2D eigenvalue weighted by Crippen LogP contribution is 2.42. The van der Waals surface area contributed by atoms with Crippen molar-refractivity contribution in [3.63, 3.8) is 0 Å². The zero-order valence-electron chi connectivity index (χ0n) is 7.68. The molecule has 0 aliphatic carbocycles. The molecule has 1 aromatic carbocycles. The third-order valence-corrected chi connectivity index (χ3v) is 3.92. The predicted molar refractivity (Wildman–Crippen MR) is 61.0 cm³/mol. The van der Waals surface area contributed by atoms with Gasteiger partial charge in [-0.05, 0) is 11.6 Å². The molecular weight excluding hydrogens is 276 g/mol. The second kappa shape index (κ2) is 3.64. The van der Waals surface area contributed by atoms with Gasteiger partial charge in [-0.15, -0.1) is 22.0 Å². The Morgan fingerprint density at radius 2 is 2.20 bits per heavy atom. The van der Waals surface area contributed by atoms with Crippen LogP contribution >= 0.6 is 27.7 Å². The predicted octanol–water partition coefficient (Wildman–Crippen LogP) is 3.07. The second-order valence-corrected chi connectivity index (χ2v) is 5.03. The fraction of sp³-hybridized carbons (Fsp3) is 0.200. The Labute approximate surface area is 99.4 Å². The summed E-state index contributed by atoms with van der Waals surface area (Å²) in [6, 6.07) is 8.35. The Hall–Kier alpha value is -0.810. The van der Waals surface area contributed by atoms with Gasteiger partial charge < -0.3 is 4.42 Å². The summed E-state index contributed by atoms with van der Waals surface area (Å²) in [5.74, 6) is 1.91. The summed E-state index contributed by atoms with van der Waals surface area (Å²) in [5, 5.41) is 7.84. The van der Waals surface area contributed by atoms with E-state index >= 15 is 0 Å². The zero-order chi connectivity index (χ0) is 10.3. The van der Waals surface area contributed by atoms with Crippen molar-refractivity contribution in [2.75, 3.05) is 5.75 Å². The van der Waals surface area contributed by atoms with Gasteiger partial charge in [0, 0.05) is 26.6 Å². The summed E-state index contributed by atoms with van der Waals surface area (Å²) in [5.41, 5.74) is 1.29. The Morgan fingerprint density at radius 3 is 3.00 bits per heavy atom. The molecule has 3 nitrogen and oxygen atoms in total. The summed E-state index contributed by atoms with van der Waals surface area (Å²) in [7, 11) is 0. The maximum Gasteiger partial charge on any atom is 0.284 e. The number of hydrogen-bond donors (Lipinski definition) is 0. The van der Waals surface area contributed by atoms with E-state index in [9.17, 15) is 0 Å². The van der Waals surface area contributed by atoms with Crippen LogP contribution in [0.2, 0.25) is 0 Å². The molecule has 0 saturated carbocycles. The van der Waals surface area contributed by atoms with Gasteiger partial charge in [0.2, 0.25) is 5.89 Å². The second-order valence-electron chi connectivity index (χ2n) is 3.29. The van der Waals surface area contributed by atoms with Gasteiger partial charge in [0.25, 0.3) is 4.80 Å². The third kappa shape index (κ3) is 1.59. The highest BCUT2D eigenvalue weighted by Gasteiger charge is 2.28. The molecule has 1 aliphatic rings. The number of benzene rings is 1. The summed E-state index contributed by atoms with van der Waals surface area (Å²) < 4.78 is 5.41. The van der Waals surface area contributed by atoms with Crippen molar-refractivity contribution in [2.45, 2.75) is 10.8 Å². The molecule has 1 atom stereocenters. The lowest BCUT2D eigenvalue weighted by molar-refractivity contribution is 0.461. The largest absolute Gasteiger partial charge is 0.415 e. The standard InChI is InChI=1S/C10H7BrN2OS/c11-10-13-12-9(14-10)7-5-15-8-4-2-1-3-6(7)8/h1-4,7H,5H2. The van der Waals surface area contributed by atoms with E-state index in [-0.39, 0.29) is 5.92 Å². The topological polar surface area (TPSA) is 38.9 Å².